The number of carbonyl (C=O) groups excluding carboxylic acids is 1. The fourth-order valence-corrected chi connectivity index (χ4v) is 3.10. The van der Waals surface area contributed by atoms with Crippen molar-refractivity contribution in [3.05, 3.63) is 37.3 Å². The number of amides is 1. The number of nitrogens with zero attached hydrogens (tertiary/aromatic N) is 5. The van der Waals surface area contributed by atoms with E-state index >= 15 is 0 Å². The molecule has 27 heavy (non-hydrogen) atoms. The Morgan fingerprint density at radius 2 is 2.41 bits per heavy atom. The molecule has 0 spiro atoms. The van der Waals surface area contributed by atoms with E-state index in [0.29, 0.717) is 30.6 Å². The number of ether oxygens (including phenoxy) is 1. The van der Waals surface area contributed by atoms with Gasteiger partial charge in [0.25, 0.3) is 0 Å². The minimum absolute atomic E-state index is 0.0779. The fraction of sp³-hybridized carbons (Fsp3) is 0.333. The average Bonchev–Trinajstić information content (AvgIpc) is 3.41. The Hall–Kier alpha value is -3.36. The summed E-state index contributed by atoms with van der Waals surface area (Å²) in [5.41, 5.74) is 1.49. The summed E-state index contributed by atoms with van der Waals surface area (Å²) in [6, 6.07) is 1.88. The Morgan fingerprint density at radius 1 is 1.52 bits per heavy atom. The number of aryl methyl sites for hydroxylation is 1. The first-order valence-corrected chi connectivity index (χ1v) is 8.89. The summed E-state index contributed by atoms with van der Waals surface area (Å²) in [6.45, 7) is 7.51. The number of fused-ring (bicyclic) bond motifs is 1. The summed E-state index contributed by atoms with van der Waals surface area (Å²) in [4.78, 5) is 25.6. The molecule has 1 saturated heterocycles. The molecule has 0 aliphatic carbocycles. The molecule has 9 heteroatoms. The third kappa shape index (κ3) is 3.48. The molecule has 4 rings (SSSR count). The lowest BCUT2D eigenvalue weighted by molar-refractivity contribution is -0.125. The lowest BCUT2D eigenvalue weighted by atomic mass is 10.3. The van der Waals surface area contributed by atoms with Crippen LogP contribution in [0.15, 0.2) is 37.3 Å². The van der Waals surface area contributed by atoms with Gasteiger partial charge in [-0.15, -0.1) is 0 Å². The Bertz CT molecular complexity index is 977. The molecule has 0 aromatic carbocycles. The molecule has 140 valence electrons. The molecular formula is C18H21N7O2. The summed E-state index contributed by atoms with van der Waals surface area (Å²) in [5, 5.41) is 8.20. The first-order valence-electron chi connectivity index (χ1n) is 8.89. The predicted octanol–water partition coefficient (Wildman–Crippen LogP) is 2.08. The maximum absolute atomic E-state index is 11.8. The van der Waals surface area contributed by atoms with E-state index in [1.165, 1.54) is 6.08 Å². The van der Waals surface area contributed by atoms with Crippen LogP contribution in [-0.4, -0.2) is 54.7 Å². The molecular weight excluding hydrogens is 346 g/mol. The SMILES string of the molecule is C=CC(=O)N1CC[C@@H](Oc2nc(Nc3cnn(CC)c3)nc3[nH]ccc23)C1. The van der Waals surface area contributed by atoms with E-state index in [0.717, 1.165) is 24.0 Å². The third-order valence-corrected chi connectivity index (χ3v) is 4.50. The van der Waals surface area contributed by atoms with Crippen LogP contribution in [0.5, 0.6) is 5.88 Å². The van der Waals surface area contributed by atoms with E-state index in [9.17, 15) is 4.79 Å². The molecule has 0 radical (unpaired) electrons. The molecule has 4 heterocycles. The standard InChI is InChI=1S/C18H21N7O2/c1-3-15(26)24-8-6-13(11-24)27-17-14-5-7-19-16(14)22-18(23-17)21-12-9-20-25(4-2)10-12/h3,5,7,9-10,13H,1,4,6,8,11H2,2H3,(H2,19,21,22,23)/t13-/m1/s1. The van der Waals surface area contributed by atoms with Crippen molar-refractivity contribution in [2.75, 3.05) is 18.4 Å². The topological polar surface area (TPSA) is 101 Å². The molecule has 1 aliphatic heterocycles. The van der Waals surface area contributed by atoms with Crippen LogP contribution >= 0.6 is 0 Å². The van der Waals surface area contributed by atoms with Gasteiger partial charge in [0.2, 0.25) is 17.7 Å². The molecule has 0 saturated carbocycles. The zero-order valence-corrected chi connectivity index (χ0v) is 15.1. The van der Waals surface area contributed by atoms with Crippen molar-refractivity contribution in [2.24, 2.45) is 0 Å². The minimum Gasteiger partial charge on any atom is -0.472 e. The van der Waals surface area contributed by atoms with Crippen LogP contribution in [0, 0.1) is 0 Å². The van der Waals surface area contributed by atoms with Gasteiger partial charge in [-0.3, -0.25) is 9.48 Å². The normalized spacial score (nSPS) is 16.6. The monoisotopic (exact) mass is 367 g/mol. The van der Waals surface area contributed by atoms with Crippen molar-refractivity contribution < 1.29 is 9.53 Å². The largest absolute Gasteiger partial charge is 0.472 e. The highest BCUT2D eigenvalue weighted by molar-refractivity contribution is 5.87. The maximum atomic E-state index is 11.8. The van der Waals surface area contributed by atoms with E-state index in [2.05, 4.69) is 31.9 Å². The van der Waals surface area contributed by atoms with E-state index in [1.54, 1.807) is 17.3 Å². The van der Waals surface area contributed by atoms with E-state index in [-0.39, 0.29) is 12.0 Å². The predicted molar refractivity (Wildman–Crippen MR) is 101 cm³/mol. The van der Waals surface area contributed by atoms with Gasteiger partial charge >= 0.3 is 0 Å². The van der Waals surface area contributed by atoms with Crippen molar-refractivity contribution in [1.82, 2.24) is 29.6 Å². The molecule has 1 aliphatic rings. The Kier molecular flexibility index (Phi) is 4.49. The molecule has 3 aromatic heterocycles. The number of nitrogens with one attached hydrogen (secondary N) is 2. The summed E-state index contributed by atoms with van der Waals surface area (Å²) < 4.78 is 7.93. The third-order valence-electron chi connectivity index (χ3n) is 4.50. The molecule has 0 bridgehead atoms. The molecule has 2 N–H and O–H groups in total. The van der Waals surface area contributed by atoms with Gasteiger partial charge in [0.15, 0.2) is 0 Å². The van der Waals surface area contributed by atoms with Crippen molar-refractivity contribution in [1.29, 1.82) is 0 Å². The minimum atomic E-state index is -0.113. The number of carbonyl (C=O) groups is 1. The molecule has 1 fully saturated rings. The van der Waals surface area contributed by atoms with Gasteiger partial charge in [0.1, 0.15) is 11.8 Å². The zero-order chi connectivity index (χ0) is 18.8. The van der Waals surface area contributed by atoms with Gasteiger partial charge < -0.3 is 19.9 Å². The first-order chi connectivity index (χ1) is 13.2. The summed E-state index contributed by atoms with van der Waals surface area (Å²) in [7, 11) is 0. The molecule has 0 unspecified atom stereocenters. The Morgan fingerprint density at radius 3 is 3.19 bits per heavy atom. The zero-order valence-electron chi connectivity index (χ0n) is 15.1. The first kappa shape index (κ1) is 17.1. The molecule has 9 nitrogen and oxygen atoms in total. The number of rotatable bonds is 6. The van der Waals surface area contributed by atoms with Crippen LogP contribution in [0.4, 0.5) is 11.6 Å². The highest BCUT2D eigenvalue weighted by atomic mass is 16.5. The van der Waals surface area contributed by atoms with Crippen LogP contribution < -0.4 is 10.1 Å². The number of anilines is 2. The van der Waals surface area contributed by atoms with Crippen LogP contribution in [0.2, 0.25) is 0 Å². The van der Waals surface area contributed by atoms with Crippen molar-refractivity contribution in [2.45, 2.75) is 26.0 Å². The molecule has 1 amide bonds. The van der Waals surface area contributed by atoms with E-state index < -0.39 is 0 Å². The highest BCUT2D eigenvalue weighted by Gasteiger charge is 2.27. The lowest BCUT2D eigenvalue weighted by Crippen LogP contribution is -2.29. The van der Waals surface area contributed by atoms with Crippen LogP contribution in [0.1, 0.15) is 13.3 Å². The number of hydrogen-bond donors (Lipinski definition) is 2. The van der Waals surface area contributed by atoms with E-state index in [1.807, 2.05) is 23.9 Å². The van der Waals surface area contributed by atoms with Crippen LogP contribution in [0.25, 0.3) is 11.0 Å². The molecule has 3 aromatic rings. The number of hydrogen-bond acceptors (Lipinski definition) is 6. The van der Waals surface area contributed by atoms with E-state index in [4.69, 9.17) is 4.74 Å². The smallest absolute Gasteiger partial charge is 0.246 e. The second kappa shape index (κ2) is 7.10. The van der Waals surface area contributed by atoms with Crippen LogP contribution in [-0.2, 0) is 11.3 Å². The van der Waals surface area contributed by atoms with Crippen molar-refractivity contribution >= 4 is 28.6 Å². The summed E-state index contributed by atoms with van der Waals surface area (Å²) in [6.07, 6.45) is 7.38. The quantitative estimate of drug-likeness (QED) is 0.647. The number of H-pyrrole nitrogens is 1. The van der Waals surface area contributed by atoms with Gasteiger partial charge in [0, 0.05) is 31.9 Å². The van der Waals surface area contributed by atoms with Crippen molar-refractivity contribution in [3.63, 3.8) is 0 Å². The summed E-state index contributed by atoms with van der Waals surface area (Å²) >= 11 is 0. The van der Waals surface area contributed by atoms with Crippen molar-refractivity contribution in [3.8, 4) is 5.88 Å². The Balaban J connectivity index is 1.56. The summed E-state index contributed by atoms with van der Waals surface area (Å²) in [5.74, 6) is 0.836. The van der Waals surface area contributed by atoms with Gasteiger partial charge in [-0.1, -0.05) is 6.58 Å². The molecule has 1 atom stereocenters. The Labute approximate surface area is 156 Å². The van der Waals surface area contributed by atoms with Gasteiger partial charge in [-0.2, -0.15) is 15.1 Å². The van der Waals surface area contributed by atoms with Gasteiger partial charge in [-0.05, 0) is 19.1 Å². The second-order valence-electron chi connectivity index (χ2n) is 6.32. The van der Waals surface area contributed by atoms with Gasteiger partial charge in [-0.25, -0.2) is 0 Å². The number of aromatic amines is 1. The lowest BCUT2D eigenvalue weighted by Gasteiger charge is -2.16. The second-order valence-corrected chi connectivity index (χ2v) is 6.32. The average molecular weight is 367 g/mol. The highest BCUT2D eigenvalue weighted by Crippen LogP contribution is 2.27. The van der Waals surface area contributed by atoms with Gasteiger partial charge in [0.05, 0.1) is 23.8 Å². The fourth-order valence-electron chi connectivity index (χ4n) is 3.10. The van der Waals surface area contributed by atoms with Crippen LogP contribution in [0.3, 0.4) is 0 Å². The maximum Gasteiger partial charge on any atom is 0.246 e. The number of likely N-dealkylation sites (tertiary alicyclic amines) is 1. The number of aromatic nitrogens is 5.